The van der Waals surface area contributed by atoms with E-state index in [9.17, 15) is 0 Å². The van der Waals surface area contributed by atoms with Crippen molar-refractivity contribution in [3.63, 3.8) is 0 Å². The molecule has 0 saturated heterocycles. The number of fused-ring (bicyclic) bond motifs is 1. The van der Waals surface area contributed by atoms with Gasteiger partial charge in [-0.15, -0.1) is 0 Å². The summed E-state index contributed by atoms with van der Waals surface area (Å²) in [6.07, 6.45) is 3.56. The predicted octanol–water partition coefficient (Wildman–Crippen LogP) is 5.52. The van der Waals surface area contributed by atoms with E-state index < -0.39 is 0 Å². The molecule has 0 N–H and O–H groups in total. The van der Waals surface area contributed by atoms with Crippen molar-refractivity contribution in [3.05, 3.63) is 94.5 Å². The standard InChI is InChI=1S/C22H20BrN3O/c1-16(18-5-3-2-4-6-18)26-21-13-19(23)7-8-20(21)25-22(26)15-27-14-17-9-11-24-12-10-17/h2-13,16H,14-15H2,1H3/t16-/m1/s1. The summed E-state index contributed by atoms with van der Waals surface area (Å²) in [6.45, 7) is 3.19. The van der Waals surface area contributed by atoms with E-state index in [1.165, 1.54) is 5.56 Å². The monoisotopic (exact) mass is 421 g/mol. The van der Waals surface area contributed by atoms with Gasteiger partial charge in [0.1, 0.15) is 12.4 Å². The largest absolute Gasteiger partial charge is 0.369 e. The molecule has 4 rings (SSSR count). The van der Waals surface area contributed by atoms with E-state index in [1.54, 1.807) is 12.4 Å². The summed E-state index contributed by atoms with van der Waals surface area (Å²) in [6, 6.07) is 20.7. The van der Waals surface area contributed by atoms with E-state index in [0.29, 0.717) is 13.2 Å². The Bertz CT molecular complexity index is 1030. The molecule has 0 fully saturated rings. The molecule has 0 aliphatic heterocycles. The van der Waals surface area contributed by atoms with Crippen LogP contribution in [0.25, 0.3) is 11.0 Å². The Kier molecular flexibility index (Phi) is 5.32. The number of aromatic nitrogens is 3. The maximum absolute atomic E-state index is 5.97. The second-order valence-corrected chi connectivity index (χ2v) is 7.38. The number of imidazole rings is 1. The highest BCUT2D eigenvalue weighted by Crippen LogP contribution is 2.28. The Labute approximate surface area is 167 Å². The van der Waals surface area contributed by atoms with Crippen LogP contribution in [-0.2, 0) is 18.0 Å². The van der Waals surface area contributed by atoms with Gasteiger partial charge in [0.2, 0.25) is 0 Å². The number of ether oxygens (including phenoxy) is 1. The number of hydrogen-bond acceptors (Lipinski definition) is 3. The van der Waals surface area contributed by atoms with Gasteiger partial charge < -0.3 is 9.30 Å². The number of hydrogen-bond donors (Lipinski definition) is 0. The average Bonchev–Trinajstić information content (AvgIpc) is 3.06. The van der Waals surface area contributed by atoms with Crippen LogP contribution in [0.2, 0.25) is 0 Å². The number of rotatable bonds is 6. The van der Waals surface area contributed by atoms with Crippen LogP contribution in [0.3, 0.4) is 0 Å². The Morgan fingerprint density at radius 1 is 1.00 bits per heavy atom. The highest BCUT2D eigenvalue weighted by molar-refractivity contribution is 9.10. The normalized spacial score (nSPS) is 12.4. The van der Waals surface area contributed by atoms with E-state index in [2.05, 4.69) is 62.7 Å². The van der Waals surface area contributed by atoms with Crippen molar-refractivity contribution in [1.82, 2.24) is 14.5 Å². The topological polar surface area (TPSA) is 39.9 Å². The fraction of sp³-hybridized carbons (Fsp3) is 0.182. The predicted molar refractivity (Wildman–Crippen MR) is 110 cm³/mol. The molecule has 0 radical (unpaired) electrons. The quantitative estimate of drug-likeness (QED) is 0.411. The Balaban J connectivity index is 1.67. The van der Waals surface area contributed by atoms with Crippen LogP contribution in [0.15, 0.2) is 77.5 Å². The first-order valence-corrected chi connectivity index (χ1v) is 9.69. The lowest BCUT2D eigenvalue weighted by Gasteiger charge is -2.18. The van der Waals surface area contributed by atoms with E-state index in [4.69, 9.17) is 9.72 Å². The molecule has 0 amide bonds. The molecule has 4 aromatic rings. The summed E-state index contributed by atoms with van der Waals surface area (Å²) in [5.41, 5.74) is 4.42. The van der Waals surface area contributed by atoms with Crippen LogP contribution in [0, 0.1) is 0 Å². The third-order valence-electron chi connectivity index (χ3n) is 4.64. The second-order valence-electron chi connectivity index (χ2n) is 6.47. The van der Waals surface area contributed by atoms with Crippen molar-refractivity contribution >= 4 is 27.0 Å². The van der Waals surface area contributed by atoms with Crippen LogP contribution in [0.4, 0.5) is 0 Å². The first-order chi connectivity index (χ1) is 13.2. The van der Waals surface area contributed by atoms with Crippen LogP contribution < -0.4 is 0 Å². The van der Waals surface area contributed by atoms with Gasteiger partial charge in [-0.3, -0.25) is 4.98 Å². The zero-order chi connectivity index (χ0) is 18.6. The molecule has 1 atom stereocenters. The molecule has 0 spiro atoms. The first-order valence-electron chi connectivity index (χ1n) is 8.90. The summed E-state index contributed by atoms with van der Waals surface area (Å²) in [4.78, 5) is 8.88. The summed E-state index contributed by atoms with van der Waals surface area (Å²) in [5, 5.41) is 0. The van der Waals surface area contributed by atoms with Gasteiger partial charge in [-0.2, -0.15) is 0 Å². The Hall–Kier alpha value is -2.50. The van der Waals surface area contributed by atoms with Crippen molar-refractivity contribution < 1.29 is 4.74 Å². The molecule has 0 aliphatic carbocycles. The number of halogens is 1. The van der Waals surface area contributed by atoms with Gasteiger partial charge in [0, 0.05) is 16.9 Å². The molecular formula is C22H20BrN3O. The maximum atomic E-state index is 5.97. The van der Waals surface area contributed by atoms with Crippen molar-refractivity contribution in [2.75, 3.05) is 0 Å². The fourth-order valence-corrected chi connectivity index (χ4v) is 3.62. The lowest BCUT2D eigenvalue weighted by atomic mass is 10.1. The molecular weight excluding hydrogens is 402 g/mol. The Morgan fingerprint density at radius 3 is 2.56 bits per heavy atom. The van der Waals surface area contributed by atoms with E-state index in [1.807, 2.05) is 30.3 Å². The van der Waals surface area contributed by atoms with Gasteiger partial charge in [0.25, 0.3) is 0 Å². The van der Waals surface area contributed by atoms with Crippen molar-refractivity contribution in [2.24, 2.45) is 0 Å². The summed E-state index contributed by atoms with van der Waals surface area (Å²) >= 11 is 3.59. The molecule has 0 aliphatic rings. The van der Waals surface area contributed by atoms with Crippen LogP contribution in [0.1, 0.15) is 29.9 Å². The molecule has 0 saturated carbocycles. The first kappa shape index (κ1) is 17.9. The average molecular weight is 422 g/mol. The third-order valence-corrected chi connectivity index (χ3v) is 5.14. The van der Waals surface area contributed by atoms with Gasteiger partial charge in [0.15, 0.2) is 0 Å². The Morgan fingerprint density at radius 2 is 1.78 bits per heavy atom. The van der Waals surface area contributed by atoms with Gasteiger partial charge in [0.05, 0.1) is 23.7 Å². The lowest BCUT2D eigenvalue weighted by Crippen LogP contribution is -2.12. The van der Waals surface area contributed by atoms with Gasteiger partial charge in [-0.25, -0.2) is 4.98 Å². The molecule has 5 heteroatoms. The van der Waals surface area contributed by atoms with E-state index in [0.717, 1.165) is 26.9 Å². The molecule has 4 nitrogen and oxygen atoms in total. The molecule has 136 valence electrons. The minimum Gasteiger partial charge on any atom is -0.369 e. The number of nitrogens with zero attached hydrogens (tertiary/aromatic N) is 3. The summed E-state index contributed by atoms with van der Waals surface area (Å²) in [7, 11) is 0. The second kappa shape index (κ2) is 8.03. The summed E-state index contributed by atoms with van der Waals surface area (Å²) in [5.74, 6) is 0.925. The van der Waals surface area contributed by atoms with Gasteiger partial charge in [-0.1, -0.05) is 46.3 Å². The molecule has 0 bridgehead atoms. The van der Waals surface area contributed by atoms with Crippen molar-refractivity contribution in [1.29, 1.82) is 0 Å². The minimum atomic E-state index is 0.157. The molecule has 0 unspecified atom stereocenters. The van der Waals surface area contributed by atoms with Crippen molar-refractivity contribution in [3.8, 4) is 0 Å². The van der Waals surface area contributed by atoms with Crippen LogP contribution >= 0.6 is 15.9 Å². The number of benzene rings is 2. The van der Waals surface area contributed by atoms with Gasteiger partial charge >= 0.3 is 0 Å². The maximum Gasteiger partial charge on any atom is 0.136 e. The third kappa shape index (κ3) is 3.94. The van der Waals surface area contributed by atoms with Crippen LogP contribution in [0.5, 0.6) is 0 Å². The SMILES string of the molecule is C[C@H](c1ccccc1)n1c(COCc2ccncc2)nc2ccc(Br)cc21. The molecule has 2 aromatic heterocycles. The van der Waals surface area contributed by atoms with Crippen LogP contribution in [-0.4, -0.2) is 14.5 Å². The highest BCUT2D eigenvalue weighted by Gasteiger charge is 2.17. The highest BCUT2D eigenvalue weighted by atomic mass is 79.9. The van der Waals surface area contributed by atoms with E-state index in [-0.39, 0.29) is 6.04 Å². The molecule has 2 aromatic carbocycles. The molecule has 2 heterocycles. The smallest absolute Gasteiger partial charge is 0.136 e. The lowest BCUT2D eigenvalue weighted by molar-refractivity contribution is 0.0991. The zero-order valence-electron chi connectivity index (χ0n) is 15.0. The van der Waals surface area contributed by atoms with Crippen molar-refractivity contribution in [2.45, 2.75) is 26.2 Å². The minimum absolute atomic E-state index is 0.157. The zero-order valence-corrected chi connectivity index (χ0v) is 16.6. The number of pyridine rings is 1. The van der Waals surface area contributed by atoms with E-state index >= 15 is 0 Å². The van der Waals surface area contributed by atoms with Gasteiger partial charge in [-0.05, 0) is 48.4 Å². The molecule has 27 heavy (non-hydrogen) atoms. The fourth-order valence-electron chi connectivity index (χ4n) is 3.27. The summed E-state index contributed by atoms with van der Waals surface area (Å²) < 4.78 is 9.28.